The van der Waals surface area contributed by atoms with Crippen LogP contribution in [0.15, 0.2) is 0 Å². The summed E-state index contributed by atoms with van der Waals surface area (Å²) < 4.78 is 5.35. The fourth-order valence-corrected chi connectivity index (χ4v) is 0.941. The maximum absolute atomic E-state index is 11.5. The van der Waals surface area contributed by atoms with Crippen LogP contribution in [0, 0.1) is 0 Å². The van der Waals surface area contributed by atoms with Crippen LogP contribution in [-0.2, 0) is 9.53 Å². The summed E-state index contributed by atoms with van der Waals surface area (Å²) in [7, 11) is 0. The molecule has 3 nitrogen and oxygen atoms in total. The molecule has 1 N–H and O–H groups in total. The Hall–Kier alpha value is -0.570. The molecule has 1 unspecified atom stereocenters. The van der Waals surface area contributed by atoms with Crippen molar-refractivity contribution in [1.29, 1.82) is 0 Å². The molecule has 0 saturated carbocycles. The van der Waals surface area contributed by atoms with Gasteiger partial charge in [-0.3, -0.25) is 4.79 Å². The maximum Gasteiger partial charge on any atom is 0.249 e. The van der Waals surface area contributed by atoms with Gasteiger partial charge in [-0.2, -0.15) is 0 Å². The molecule has 13 heavy (non-hydrogen) atoms. The molecule has 3 heteroatoms. The number of carbonyl (C=O) groups excluding carboxylic acids is 1. The molecule has 0 aromatic carbocycles. The zero-order valence-electron chi connectivity index (χ0n) is 9.47. The van der Waals surface area contributed by atoms with E-state index in [-0.39, 0.29) is 23.7 Å². The van der Waals surface area contributed by atoms with Crippen LogP contribution in [-0.4, -0.2) is 23.7 Å². The van der Waals surface area contributed by atoms with E-state index in [0.717, 1.165) is 0 Å². The molecule has 0 saturated heterocycles. The van der Waals surface area contributed by atoms with Gasteiger partial charge in [-0.25, -0.2) is 0 Å². The summed E-state index contributed by atoms with van der Waals surface area (Å²) in [5, 5.41) is 2.86. The van der Waals surface area contributed by atoms with E-state index >= 15 is 0 Å². The third-order valence-corrected chi connectivity index (χ3v) is 1.34. The fourth-order valence-electron chi connectivity index (χ4n) is 0.941. The largest absolute Gasteiger partial charge is 0.366 e. The zero-order valence-corrected chi connectivity index (χ0v) is 9.47. The summed E-state index contributed by atoms with van der Waals surface area (Å²) in [6.45, 7) is 11.5. The summed E-state index contributed by atoms with van der Waals surface area (Å²) >= 11 is 0. The highest BCUT2D eigenvalue weighted by Crippen LogP contribution is 2.02. The highest BCUT2D eigenvalue weighted by atomic mass is 16.5. The molecular formula is C10H21NO2. The molecule has 0 rings (SSSR count). The summed E-state index contributed by atoms with van der Waals surface area (Å²) in [6, 6.07) is 0. The first-order valence-electron chi connectivity index (χ1n) is 4.70. The molecule has 0 bridgehead atoms. The van der Waals surface area contributed by atoms with E-state index in [1.165, 1.54) is 0 Å². The van der Waals surface area contributed by atoms with Gasteiger partial charge in [0.15, 0.2) is 0 Å². The van der Waals surface area contributed by atoms with E-state index in [4.69, 9.17) is 4.74 Å². The summed E-state index contributed by atoms with van der Waals surface area (Å²) in [5.74, 6) is -0.0544. The SMILES string of the molecule is CC(C)OC(C)C(=O)NC(C)(C)C. The van der Waals surface area contributed by atoms with Crippen molar-refractivity contribution in [2.75, 3.05) is 0 Å². The van der Waals surface area contributed by atoms with Crippen LogP contribution < -0.4 is 5.32 Å². The van der Waals surface area contributed by atoms with Crippen molar-refractivity contribution >= 4 is 5.91 Å². The second kappa shape index (κ2) is 4.61. The quantitative estimate of drug-likeness (QED) is 0.730. The summed E-state index contributed by atoms with van der Waals surface area (Å²) in [4.78, 5) is 11.5. The first-order chi connectivity index (χ1) is 5.72. The number of nitrogens with one attached hydrogen (secondary N) is 1. The Balaban J connectivity index is 3.97. The number of amides is 1. The lowest BCUT2D eigenvalue weighted by molar-refractivity contribution is -0.135. The lowest BCUT2D eigenvalue weighted by Gasteiger charge is -2.24. The van der Waals surface area contributed by atoms with Crippen LogP contribution in [0.1, 0.15) is 41.5 Å². The Kier molecular flexibility index (Phi) is 4.40. The van der Waals surface area contributed by atoms with Crippen molar-refractivity contribution in [1.82, 2.24) is 5.32 Å². The van der Waals surface area contributed by atoms with E-state index in [9.17, 15) is 4.79 Å². The highest BCUT2D eigenvalue weighted by molar-refractivity contribution is 5.80. The van der Waals surface area contributed by atoms with Crippen molar-refractivity contribution < 1.29 is 9.53 Å². The first kappa shape index (κ1) is 12.4. The van der Waals surface area contributed by atoms with Gasteiger partial charge in [0.1, 0.15) is 6.10 Å². The Bertz CT molecular complexity index is 170. The molecular weight excluding hydrogens is 166 g/mol. The predicted octanol–water partition coefficient (Wildman–Crippen LogP) is 1.71. The van der Waals surface area contributed by atoms with E-state index in [0.29, 0.717) is 0 Å². The van der Waals surface area contributed by atoms with Crippen molar-refractivity contribution in [2.45, 2.75) is 59.3 Å². The Morgan fingerprint density at radius 3 is 2.00 bits per heavy atom. The van der Waals surface area contributed by atoms with Gasteiger partial charge >= 0.3 is 0 Å². The van der Waals surface area contributed by atoms with E-state index in [1.807, 2.05) is 34.6 Å². The van der Waals surface area contributed by atoms with Gasteiger partial charge in [0.2, 0.25) is 5.91 Å². The monoisotopic (exact) mass is 187 g/mol. The normalized spacial score (nSPS) is 14.4. The number of ether oxygens (including phenoxy) is 1. The van der Waals surface area contributed by atoms with Gasteiger partial charge in [-0.05, 0) is 41.5 Å². The second-order valence-electron chi connectivity index (χ2n) is 4.57. The molecule has 0 spiro atoms. The summed E-state index contributed by atoms with van der Waals surface area (Å²) in [5.41, 5.74) is -0.189. The molecule has 0 aliphatic rings. The average Bonchev–Trinajstić information content (AvgIpc) is 1.81. The molecule has 1 atom stereocenters. The molecule has 0 aliphatic heterocycles. The predicted molar refractivity (Wildman–Crippen MR) is 53.6 cm³/mol. The van der Waals surface area contributed by atoms with Crippen molar-refractivity contribution in [3.63, 3.8) is 0 Å². The average molecular weight is 187 g/mol. The molecule has 0 fully saturated rings. The molecule has 0 aromatic heterocycles. The highest BCUT2D eigenvalue weighted by Gasteiger charge is 2.20. The molecule has 0 radical (unpaired) electrons. The van der Waals surface area contributed by atoms with Gasteiger partial charge in [0, 0.05) is 5.54 Å². The van der Waals surface area contributed by atoms with E-state index in [2.05, 4.69) is 5.32 Å². The Labute approximate surface area is 80.8 Å². The van der Waals surface area contributed by atoms with Gasteiger partial charge in [-0.15, -0.1) is 0 Å². The van der Waals surface area contributed by atoms with Crippen molar-refractivity contribution in [3.05, 3.63) is 0 Å². The zero-order chi connectivity index (χ0) is 10.6. The van der Waals surface area contributed by atoms with Gasteiger partial charge in [0.25, 0.3) is 0 Å². The minimum Gasteiger partial charge on any atom is -0.366 e. The van der Waals surface area contributed by atoms with Crippen molar-refractivity contribution in [3.8, 4) is 0 Å². The number of rotatable bonds is 3. The third kappa shape index (κ3) is 6.58. The van der Waals surface area contributed by atoms with Gasteiger partial charge < -0.3 is 10.1 Å². The van der Waals surface area contributed by atoms with Crippen LogP contribution in [0.4, 0.5) is 0 Å². The van der Waals surface area contributed by atoms with Crippen LogP contribution >= 0.6 is 0 Å². The minimum absolute atomic E-state index is 0.0544. The molecule has 0 heterocycles. The van der Waals surface area contributed by atoms with Crippen LogP contribution in [0.25, 0.3) is 0 Å². The van der Waals surface area contributed by atoms with E-state index in [1.54, 1.807) is 6.92 Å². The topological polar surface area (TPSA) is 38.3 Å². The van der Waals surface area contributed by atoms with Crippen LogP contribution in [0.5, 0.6) is 0 Å². The third-order valence-electron chi connectivity index (χ3n) is 1.34. The lowest BCUT2D eigenvalue weighted by atomic mass is 10.1. The maximum atomic E-state index is 11.5. The lowest BCUT2D eigenvalue weighted by Crippen LogP contribution is -2.46. The number of hydrogen-bond donors (Lipinski definition) is 1. The number of hydrogen-bond acceptors (Lipinski definition) is 2. The van der Waals surface area contributed by atoms with Crippen LogP contribution in [0.2, 0.25) is 0 Å². The molecule has 78 valence electrons. The Morgan fingerprint density at radius 1 is 1.23 bits per heavy atom. The minimum atomic E-state index is -0.376. The van der Waals surface area contributed by atoms with Crippen molar-refractivity contribution in [2.24, 2.45) is 0 Å². The fraction of sp³-hybridized carbons (Fsp3) is 0.900. The standard InChI is InChI=1S/C10H21NO2/c1-7(2)13-8(3)9(12)11-10(4,5)6/h7-8H,1-6H3,(H,11,12). The van der Waals surface area contributed by atoms with E-state index < -0.39 is 0 Å². The molecule has 0 aliphatic carbocycles. The summed E-state index contributed by atoms with van der Waals surface area (Å²) in [6.07, 6.45) is -0.292. The van der Waals surface area contributed by atoms with Gasteiger partial charge in [-0.1, -0.05) is 0 Å². The second-order valence-corrected chi connectivity index (χ2v) is 4.57. The van der Waals surface area contributed by atoms with Gasteiger partial charge in [0.05, 0.1) is 6.10 Å². The van der Waals surface area contributed by atoms with Crippen LogP contribution in [0.3, 0.4) is 0 Å². The smallest absolute Gasteiger partial charge is 0.249 e. The molecule has 1 amide bonds. The Morgan fingerprint density at radius 2 is 1.69 bits per heavy atom. The molecule has 0 aromatic rings. The first-order valence-corrected chi connectivity index (χ1v) is 4.70. The number of carbonyl (C=O) groups is 1.